The van der Waals surface area contributed by atoms with Crippen molar-refractivity contribution in [2.45, 2.75) is 51.1 Å². The fourth-order valence-corrected chi connectivity index (χ4v) is 2.13. The van der Waals surface area contributed by atoms with E-state index in [4.69, 9.17) is 4.74 Å². The minimum absolute atomic E-state index is 0.0178. The molecule has 0 aliphatic carbocycles. The largest absolute Gasteiger partial charge is 0.479 e. The first kappa shape index (κ1) is 14.8. The number of aliphatic carboxylic acids is 1. The highest BCUT2D eigenvalue weighted by Crippen LogP contribution is 2.19. The highest BCUT2D eigenvalue weighted by molar-refractivity contribution is 5.87. The topological polar surface area (TPSA) is 87.7 Å². The van der Waals surface area contributed by atoms with E-state index in [0.717, 1.165) is 12.8 Å². The third-order valence-corrected chi connectivity index (χ3v) is 3.11. The molecule has 0 saturated carbocycles. The van der Waals surface area contributed by atoms with E-state index >= 15 is 0 Å². The smallest absolute Gasteiger partial charge is 0.332 e. The number of hydrogen-bond donors (Lipinski definition) is 3. The fraction of sp³-hybridized carbons (Fsp3) is 0.833. The summed E-state index contributed by atoms with van der Waals surface area (Å²) in [5, 5.41) is 14.5. The van der Waals surface area contributed by atoms with Crippen LogP contribution in [-0.4, -0.2) is 41.4 Å². The number of hydrogen-bond acceptors (Lipinski definition) is 3. The third-order valence-electron chi connectivity index (χ3n) is 3.11. The van der Waals surface area contributed by atoms with E-state index < -0.39 is 17.5 Å². The van der Waals surface area contributed by atoms with E-state index in [1.807, 2.05) is 20.8 Å². The molecular weight excluding hydrogens is 236 g/mol. The number of carboxylic acid groups (broad SMARTS) is 1. The van der Waals surface area contributed by atoms with Gasteiger partial charge in [-0.3, -0.25) is 0 Å². The van der Waals surface area contributed by atoms with Gasteiger partial charge in [-0.2, -0.15) is 0 Å². The summed E-state index contributed by atoms with van der Waals surface area (Å²) in [7, 11) is 0. The molecular formula is C12H22N2O4. The summed E-state index contributed by atoms with van der Waals surface area (Å²) in [6.45, 7) is 6.23. The van der Waals surface area contributed by atoms with Gasteiger partial charge in [0.25, 0.3) is 0 Å². The summed E-state index contributed by atoms with van der Waals surface area (Å²) in [5.41, 5.74) is -1.63. The molecule has 1 atom stereocenters. The van der Waals surface area contributed by atoms with Gasteiger partial charge in [0.05, 0.1) is 6.61 Å². The molecule has 1 aliphatic heterocycles. The lowest BCUT2D eigenvalue weighted by molar-refractivity contribution is -0.144. The zero-order chi connectivity index (χ0) is 13.8. The van der Waals surface area contributed by atoms with Crippen LogP contribution in [0.25, 0.3) is 0 Å². The van der Waals surface area contributed by atoms with Crippen LogP contribution >= 0.6 is 0 Å². The zero-order valence-electron chi connectivity index (χ0n) is 11.2. The van der Waals surface area contributed by atoms with Gasteiger partial charge in [0.15, 0.2) is 5.54 Å². The van der Waals surface area contributed by atoms with Crippen LogP contribution in [0.5, 0.6) is 0 Å². The number of nitrogens with one attached hydrogen (secondary N) is 2. The van der Waals surface area contributed by atoms with Crippen LogP contribution in [0, 0.1) is 0 Å². The van der Waals surface area contributed by atoms with Gasteiger partial charge in [-0.25, -0.2) is 9.59 Å². The lowest BCUT2D eigenvalue weighted by atomic mass is 9.98. The van der Waals surface area contributed by atoms with Crippen molar-refractivity contribution >= 4 is 12.0 Å². The molecule has 2 amide bonds. The minimum atomic E-state index is -1.29. The number of rotatable bonds is 5. The van der Waals surface area contributed by atoms with Crippen molar-refractivity contribution < 1.29 is 19.4 Å². The van der Waals surface area contributed by atoms with Gasteiger partial charge in [0, 0.05) is 18.6 Å². The average Bonchev–Trinajstić information content (AvgIpc) is 2.65. The van der Waals surface area contributed by atoms with Crippen LogP contribution < -0.4 is 10.6 Å². The Kier molecular flexibility index (Phi) is 4.56. The predicted octanol–water partition coefficient (Wildman–Crippen LogP) is 1.11. The lowest BCUT2D eigenvalue weighted by Crippen LogP contribution is -2.60. The van der Waals surface area contributed by atoms with Gasteiger partial charge < -0.3 is 20.5 Å². The second kappa shape index (κ2) is 5.56. The number of ether oxygens (including phenoxy) is 1. The first-order chi connectivity index (χ1) is 8.31. The molecule has 0 aromatic heterocycles. The molecule has 0 aromatic rings. The molecule has 1 aliphatic rings. The van der Waals surface area contributed by atoms with Crippen molar-refractivity contribution in [1.82, 2.24) is 10.6 Å². The highest BCUT2D eigenvalue weighted by Gasteiger charge is 2.44. The van der Waals surface area contributed by atoms with Crippen LogP contribution in [0.2, 0.25) is 0 Å². The van der Waals surface area contributed by atoms with Gasteiger partial charge in [-0.1, -0.05) is 13.3 Å². The summed E-state index contributed by atoms with van der Waals surface area (Å²) < 4.78 is 5.08. The number of carbonyl (C=O) groups excluding carboxylic acids is 1. The molecule has 1 unspecified atom stereocenters. The maximum absolute atomic E-state index is 11.9. The second-order valence-corrected chi connectivity index (χ2v) is 5.40. The van der Waals surface area contributed by atoms with E-state index in [-0.39, 0.29) is 12.1 Å². The summed E-state index contributed by atoms with van der Waals surface area (Å²) in [5.74, 6) is -1.05. The van der Waals surface area contributed by atoms with Crippen LogP contribution in [0.1, 0.15) is 40.0 Å². The Bertz CT molecular complexity index is 322. The van der Waals surface area contributed by atoms with E-state index in [2.05, 4.69) is 10.6 Å². The Morgan fingerprint density at radius 2 is 2.11 bits per heavy atom. The van der Waals surface area contributed by atoms with Crippen molar-refractivity contribution in [3.05, 3.63) is 0 Å². The van der Waals surface area contributed by atoms with Crippen molar-refractivity contribution in [1.29, 1.82) is 0 Å². The predicted molar refractivity (Wildman–Crippen MR) is 66.5 cm³/mol. The van der Waals surface area contributed by atoms with Crippen molar-refractivity contribution in [2.75, 3.05) is 13.2 Å². The normalized spacial score (nSPS) is 23.7. The maximum Gasteiger partial charge on any atom is 0.332 e. The zero-order valence-corrected chi connectivity index (χ0v) is 11.2. The quantitative estimate of drug-likeness (QED) is 0.689. The molecule has 1 saturated heterocycles. The van der Waals surface area contributed by atoms with Crippen LogP contribution in [0.3, 0.4) is 0 Å². The standard InChI is InChI=1S/C12H22N2O4/c1-4-5-11(2,3)13-10(17)14-12(9(15)16)6-7-18-8-12/h4-8H2,1-3H3,(H,15,16)(H2,13,14,17). The molecule has 1 heterocycles. The molecule has 6 heteroatoms. The van der Waals surface area contributed by atoms with Crippen LogP contribution in [0.4, 0.5) is 4.79 Å². The second-order valence-electron chi connectivity index (χ2n) is 5.40. The van der Waals surface area contributed by atoms with E-state index in [0.29, 0.717) is 13.0 Å². The van der Waals surface area contributed by atoms with Gasteiger partial charge in [0.2, 0.25) is 0 Å². The average molecular weight is 258 g/mol. The fourth-order valence-electron chi connectivity index (χ4n) is 2.13. The van der Waals surface area contributed by atoms with E-state index in [1.165, 1.54) is 0 Å². The van der Waals surface area contributed by atoms with Crippen molar-refractivity contribution in [3.8, 4) is 0 Å². The van der Waals surface area contributed by atoms with Crippen LogP contribution in [-0.2, 0) is 9.53 Å². The molecule has 3 N–H and O–H groups in total. The molecule has 0 aromatic carbocycles. The first-order valence-corrected chi connectivity index (χ1v) is 6.23. The Hall–Kier alpha value is -1.30. The third kappa shape index (κ3) is 3.60. The molecule has 18 heavy (non-hydrogen) atoms. The summed E-state index contributed by atoms with van der Waals surface area (Å²) >= 11 is 0. The van der Waals surface area contributed by atoms with Crippen molar-refractivity contribution in [2.24, 2.45) is 0 Å². The Morgan fingerprint density at radius 1 is 1.44 bits per heavy atom. The Balaban J connectivity index is 2.60. The molecule has 6 nitrogen and oxygen atoms in total. The number of carbonyl (C=O) groups is 2. The Morgan fingerprint density at radius 3 is 2.56 bits per heavy atom. The number of carboxylic acids is 1. The molecule has 104 valence electrons. The monoisotopic (exact) mass is 258 g/mol. The molecule has 1 fully saturated rings. The highest BCUT2D eigenvalue weighted by atomic mass is 16.5. The van der Waals surface area contributed by atoms with Crippen molar-refractivity contribution in [3.63, 3.8) is 0 Å². The van der Waals surface area contributed by atoms with Gasteiger partial charge in [-0.15, -0.1) is 0 Å². The first-order valence-electron chi connectivity index (χ1n) is 6.23. The van der Waals surface area contributed by atoms with Gasteiger partial charge in [-0.05, 0) is 20.3 Å². The lowest BCUT2D eigenvalue weighted by Gasteiger charge is -2.29. The number of amides is 2. The summed E-state index contributed by atoms with van der Waals surface area (Å²) in [6, 6.07) is -0.457. The molecule has 1 rings (SSSR count). The van der Waals surface area contributed by atoms with E-state index in [1.54, 1.807) is 0 Å². The van der Waals surface area contributed by atoms with E-state index in [9.17, 15) is 14.7 Å². The molecule has 0 spiro atoms. The molecule has 0 bridgehead atoms. The Labute approximate surface area is 107 Å². The summed E-state index contributed by atoms with van der Waals surface area (Å²) in [4.78, 5) is 23.1. The maximum atomic E-state index is 11.9. The molecule has 0 radical (unpaired) electrons. The minimum Gasteiger partial charge on any atom is -0.479 e. The van der Waals surface area contributed by atoms with Gasteiger partial charge in [0.1, 0.15) is 0 Å². The summed E-state index contributed by atoms with van der Waals surface area (Å²) in [6.07, 6.45) is 2.07. The SMILES string of the molecule is CCCC(C)(C)NC(=O)NC1(C(=O)O)CCOC1. The van der Waals surface area contributed by atoms with Gasteiger partial charge >= 0.3 is 12.0 Å². The van der Waals surface area contributed by atoms with Crippen LogP contribution in [0.15, 0.2) is 0 Å². The number of urea groups is 1.